The molecule has 1 aliphatic heterocycles. The molecule has 1 aliphatic rings. The van der Waals surface area contributed by atoms with Gasteiger partial charge in [0.05, 0.1) is 13.2 Å². The highest BCUT2D eigenvalue weighted by Crippen LogP contribution is 2.29. The van der Waals surface area contributed by atoms with Crippen LogP contribution in [0.2, 0.25) is 0 Å². The molecule has 112 valence electrons. The molecule has 2 heterocycles. The van der Waals surface area contributed by atoms with Crippen molar-refractivity contribution in [3.8, 4) is 0 Å². The van der Waals surface area contributed by atoms with Crippen molar-refractivity contribution in [1.29, 1.82) is 0 Å². The number of nitrogens with zero attached hydrogens (tertiary/aromatic N) is 1. The lowest BCUT2D eigenvalue weighted by Crippen LogP contribution is -2.09. The largest absolute Gasteiger partial charge is 0.377 e. The second-order valence-corrected chi connectivity index (χ2v) is 5.28. The van der Waals surface area contributed by atoms with Crippen LogP contribution in [0.15, 0.2) is 24.4 Å². The van der Waals surface area contributed by atoms with E-state index in [1.165, 1.54) is 16.8 Å². The zero-order valence-corrected chi connectivity index (χ0v) is 13.6. The molecule has 0 bridgehead atoms. The summed E-state index contributed by atoms with van der Waals surface area (Å²) >= 11 is 0. The fourth-order valence-electron chi connectivity index (χ4n) is 2.66. The third-order valence-electron chi connectivity index (χ3n) is 3.74. The Labute approximate surface area is 124 Å². The molecule has 0 saturated heterocycles. The summed E-state index contributed by atoms with van der Waals surface area (Å²) in [6.07, 6.45) is 6.31. The van der Waals surface area contributed by atoms with Crippen molar-refractivity contribution in [2.45, 2.75) is 53.4 Å². The summed E-state index contributed by atoms with van der Waals surface area (Å²) in [4.78, 5) is 4.57. The maximum absolute atomic E-state index is 5.37. The minimum atomic E-state index is 0.561. The van der Waals surface area contributed by atoms with Crippen molar-refractivity contribution in [1.82, 2.24) is 4.98 Å². The highest BCUT2D eigenvalue weighted by atomic mass is 16.5. The van der Waals surface area contributed by atoms with Gasteiger partial charge in [0.25, 0.3) is 0 Å². The molecule has 2 heteroatoms. The van der Waals surface area contributed by atoms with Crippen LogP contribution in [0.4, 0.5) is 0 Å². The van der Waals surface area contributed by atoms with Crippen LogP contribution in [0.3, 0.4) is 0 Å². The molecule has 0 spiro atoms. The zero-order valence-electron chi connectivity index (χ0n) is 13.6. The Morgan fingerprint density at radius 3 is 2.60 bits per heavy atom. The summed E-state index contributed by atoms with van der Waals surface area (Å²) in [5.41, 5.74) is 3.96. The second kappa shape index (κ2) is 8.91. The van der Waals surface area contributed by atoms with Crippen molar-refractivity contribution in [3.05, 3.63) is 35.7 Å². The number of aromatic nitrogens is 1. The Bertz CT molecular complexity index is 423. The molecule has 0 aromatic carbocycles. The van der Waals surface area contributed by atoms with Gasteiger partial charge in [-0.2, -0.15) is 0 Å². The second-order valence-electron chi connectivity index (χ2n) is 5.28. The van der Waals surface area contributed by atoms with E-state index in [-0.39, 0.29) is 0 Å². The average molecular weight is 275 g/mol. The van der Waals surface area contributed by atoms with Gasteiger partial charge >= 0.3 is 0 Å². The van der Waals surface area contributed by atoms with E-state index in [1.54, 1.807) is 0 Å². The first kappa shape index (κ1) is 16.9. The van der Waals surface area contributed by atoms with Crippen molar-refractivity contribution in [2.24, 2.45) is 5.92 Å². The maximum atomic E-state index is 5.37. The van der Waals surface area contributed by atoms with Crippen LogP contribution < -0.4 is 0 Å². The van der Waals surface area contributed by atoms with Gasteiger partial charge in [-0.05, 0) is 42.0 Å². The zero-order chi connectivity index (χ0) is 15.0. The lowest BCUT2D eigenvalue weighted by atomic mass is 9.88. The van der Waals surface area contributed by atoms with Gasteiger partial charge in [0.2, 0.25) is 0 Å². The van der Waals surface area contributed by atoms with Gasteiger partial charge in [-0.15, -0.1) is 0 Å². The standard InChI is InChI=1S/C16H23NO.C2H6/c1-4-15(12(2)3)16-11-14(5-8-17-16)13-6-9-18-10-7-13;1-2/h5-6,8,11-12,15H,4,7,9-10H2,1-3H3;1-2H3. The van der Waals surface area contributed by atoms with Gasteiger partial charge in [0, 0.05) is 17.8 Å². The minimum absolute atomic E-state index is 0.561. The third-order valence-corrected chi connectivity index (χ3v) is 3.74. The average Bonchev–Trinajstić information content (AvgIpc) is 2.51. The van der Waals surface area contributed by atoms with Crippen molar-refractivity contribution < 1.29 is 4.74 Å². The van der Waals surface area contributed by atoms with Gasteiger partial charge in [0.15, 0.2) is 0 Å². The van der Waals surface area contributed by atoms with Crippen molar-refractivity contribution >= 4 is 5.57 Å². The van der Waals surface area contributed by atoms with E-state index in [1.807, 2.05) is 20.0 Å². The lowest BCUT2D eigenvalue weighted by molar-refractivity contribution is 0.161. The van der Waals surface area contributed by atoms with Gasteiger partial charge in [-0.25, -0.2) is 0 Å². The van der Waals surface area contributed by atoms with Crippen molar-refractivity contribution in [2.75, 3.05) is 13.2 Å². The van der Waals surface area contributed by atoms with Crippen LogP contribution in [-0.4, -0.2) is 18.2 Å². The van der Waals surface area contributed by atoms with Crippen LogP contribution in [0.25, 0.3) is 5.57 Å². The van der Waals surface area contributed by atoms with Crippen LogP contribution in [0.5, 0.6) is 0 Å². The van der Waals surface area contributed by atoms with E-state index in [9.17, 15) is 0 Å². The summed E-state index contributed by atoms with van der Waals surface area (Å²) in [6.45, 7) is 12.4. The molecule has 20 heavy (non-hydrogen) atoms. The van der Waals surface area contributed by atoms with Crippen molar-refractivity contribution in [3.63, 3.8) is 0 Å². The highest BCUT2D eigenvalue weighted by molar-refractivity contribution is 5.66. The van der Waals surface area contributed by atoms with Gasteiger partial charge in [0.1, 0.15) is 0 Å². The molecule has 1 atom stereocenters. The molecule has 0 radical (unpaired) electrons. The Morgan fingerprint density at radius 2 is 2.05 bits per heavy atom. The number of hydrogen-bond donors (Lipinski definition) is 0. The molecule has 1 aromatic heterocycles. The first-order valence-electron chi connectivity index (χ1n) is 7.95. The molecule has 0 saturated carbocycles. The molecule has 1 aromatic rings. The van der Waals surface area contributed by atoms with E-state index < -0.39 is 0 Å². The number of rotatable bonds is 4. The van der Waals surface area contributed by atoms with Gasteiger partial charge in [-0.3, -0.25) is 4.98 Å². The van der Waals surface area contributed by atoms with Crippen LogP contribution in [0.1, 0.15) is 64.6 Å². The van der Waals surface area contributed by atoms with E-state index in [0.717, 1.165) is 26.1 Å². The maximum Gasteiger partial charge on any atom is 0.0653 e. The Hall–Kier alpha value is -1.15. The SMILES string of the molecule is CC.CCC(c1cc(C2=CCOCC2)ccn1)C(C)C. The molecule has 2 nitrogen and oxygen atoms in total. The van der Waals surface area contributed by atoms with E-state index in [0.29, 0.717) is 11.8 Å². The fourth-order valence-corrected chi connectivity index (χ4v) is 2.66. The van der Waals surface area contributed by atoms with Crippen LogP contribution >= 0.6 is 0 Å². The predicted octanol–water partition coefficient (Wildman–Crippen LogP) is 5.06. The Balaban J connectivity index is 0.000000956. The van der Waals surface area contributed by atoms with E-state index in [2.05, 4.69) is 44.0 Å². The fraction of sp³-hybridized carbons (Fsp3) is 0.611. The molecule has 2 rings (SSSR count). The Kier molecular flexibility index (Phi) is 7.53. The lowest BCUT2D eigenvalue weighted by Gasteiger charge is -2.20. The third kappa shape index (κ3) is 4.45. The molecule has 0 amide bonds. The summed E-state index contributed by atoms with van der Waals surface area (Å²) in [6, 6.07) is 4.39. The summed E-state index contributed by atoms with van der Waals surface area (Å²) in [5, 5.41) is 0. The first-order chi connectivity index (χ1) is 9.72. The highest BCUT2D eigenvalue weighted by Gasteiger charge is 2.16. The quantitative estimate of drug-likeness (QED) is 0.766. The number of hydrogen-bond acceptors (Lipinski definition) is 2. The Morgan fingerprint density at radius 1 is 1.30 bits per heavy atom. The monoisotopic (exact) mass is 275 g/mol. The topological polar surface area (TPSA) is 22.1 Å². The minimum Gasteiger partial charge on any atom is -0.377 e. The molecular formula is C18H29NO. The van der Waals surface area contributed by atoms with E-state index in [4.69, 9.17) is 4.74 Å². The first-order valence-corrected chi connectivity index (χ1v) is 7.95. The molecule has 1 unspecified atom stereocenters. The molecule has 0 fully saturated rings. The van der Waals surface area contributed by atoms with Gasteiger partial charge in [-0.1, -0.05) is 40.7 Å². The van der Waals surface area contributed by atoms with E-state index >= 15 is 0 Å². The summed E-state index contributed by atoms with van der Waals surface area (Å²) in [5.74, 6) is 1.20. The number of pyridine rings is 1. The summed E-state index contributed by atoms with van der Waals surface area (Å²) in [7, 11) is 0. The van der Waals surface area contributed by atoms with Crippen LogP contribution in [0, 0.1) is 5.92 Å². The summed E-state index contributed by atoms with van der Waals surface area (Å²) < 4.78 is 5.37. The van der Waals surface area contributed by atoms with Gasteiger partial charge < -0.3 is 4.74 Å². The predicted molar refractivity (Wildman–Crippen MR) is 86.9 cm³/mol. The normalized spacial score (nSPS) is 16.2. The molecule has 0 N–H and O–H groups in total. The van der Waals surface area contributed by atoms with Crippen LogP contribution in [-0.2, 0) is 4.74 Å². The number of ether oxygens (including phenoxy) is 1. The smallest absolute Gasteiger partial charge is 0.0653 e. The molecular weight excluding hydrogens is 246 g/mol. The molecule has 0 aliphatic carbocycles.